The van der Waals surface area contributed by atoms with E-state index in [1.54, 1.807) is 54.7 Å². The van der Waals surface area contributed by atoms with Crippen molar-refractivity contribution in [2.45, 2.75) is 31.2 Å². The van der Waals surface area contributed by atoms with Gasteiger partial charge in [-0.3, -0.25) is 4.79 Å². The van der Waals surface area contributed by atoms with Crippen LogP contribution in [0.3, 0.4) is 0 Å². The quantitative estimate of drug-likeness (QED) is 0.227. The molecule has 0 aliphatic rings. The third-order valence-corrected chi connectivity index (χ3v) is 7.32. The second kappa shape index (κ2) is 11.8. The molecule has 4 aromatic rings. The van der Waals surface area contributed by atoms with E-state index in [0.29, 0.717) is 17.9 Å². The second-order valence-electron chi connectivity index (χ2n) is 8.53. The van der Waals surface area contributed by atoms with Gasteiger partial charge >= 0.3 is 0 Å². The van der Waals surface area contributed by atoms with Crippen LogP contribution in [-0.4, -0.2) is 27.1 Å². The van der Waals surface area contributed by atoms with Crippen LogP contribution in [0.1, 0.15) is 36.1 Å². The SMILES string of the molecule is CCOc1ccc2ccccc2c1/C=N\NC(=O)C[C@@H](NS(=O)(=O)c1ccc(C)cc1)c1ccccc1. The molecule has 0 spiro atoms. The Labute approximate surface area is 217 Å². The van der Waals surface area contributed by atoms with Crippen LogP contribution in [-0.2, 0) is 14.8 Å². The molecule has 190 valence electrons. The van der Waals surface area contributed by atoms with Crippen molar-refractivity contribution in [3.05, 3.63) is 108 Å². The first kappa shape index (κ1) is 26.1. The number of carbonyl (C=O) groups is 1. The number of aryl methyl sites for hydroxylation is 1. The van der Waals surface area contributed by atoms with E-state index in [1.807, 2.05) is 56.3 Å². The zero-order valence-electron chi connectivity index (χ0n) is 20.7. The molecule has 0 unspecified atom stereocenters. The predicted molar refractivity (Wildman–Crippen MR) is 146 cm³/mol. The van der Waals surface area contributed by atoms with Gasteiger partial charge < -0.3 is 4.74 Å². The molecule has 0 aliphatic carbocycles. The lowest BCUT2D eigenvalue weighted by Gasteiger charge is -2.18. The molecule has 8 heteroatoms. The minimum atomic E-state index is -3.85. The summed E-state index contributed by atoms with van der Waals surface area (Å²) >= 11 is 0. The summed E-state index contributed by atoms with van der Waals surface area (Å²) in [6.45, 7) is 4.28. The molecule has 0 bridgehead atoms. The molecule has 4 aromatic carbocycles. The smallest absolute Gasteiger partial charge is 0.242 e. The van der Waals surface area contributed by atoms with Crippen LogP contribution in [0.15, 0.2) is 101 Å². The van der Waals surface area contributed by atoms with Gasteiger partial charge in [-0.1, -0.05) is 78.4 Å². The molecule has 37 heavy (non-hydrogen) atoms. The number of benzene rings is 4. The van der Waals surface area contributed by atoms with Crippen molar-refractivity contribution in [2.75, 3.05) is 6.61 Å². The van der Waals surface area contributed by atoms with Crippen LogP contribution < -0.4 is 14.9 Å². The Morgan fingerprint density at radius 3 is 2.38 bits per heavy atom. The highest BCUT2D eigenvalue weighted by atomic mass is 32.2. The van der Waals surface area contributed by atoms with Gasteiger partial charge in [0, 0.05) is 12.0 Å². The fourth-order valence-corrected chi connectivity index (χ4v) is 5.20. The highest BCUT2D eigenvalue weighted by Crippen LogP contribution is 2.27. The number of carbonyl (C=O) groups excluding carboxylic acids is 1. The molecule has 0 saturated carbocycles. The van der Waals surface area contributed by atoms with Gasteiger partial charge in [0.25, 0.3) is 0 Å². The molecular weight excluding hydrogens is 486 g/mol. The summed E-state index contributed by atoms with van der Waals surface area (Å²) in [5, 5.41) is 6.13. The third-order valence-electron chi connectivity index (χ3n) is 5.83. The van der Waals surface area contributed by atoms with Crippen molar-refractivity contribution >= 4 is 32.9 Å². The van der Waals surface area contributed by atoms with Gasteiger partial charge in [-0.05, 0) is 48.4 Å². The van der Waals surface area contributed by atoms with E-state index in [2.05, 4.69) is 15.2 Å². The molecule has 0 aliphatic heterocycles. The van der Waals surface area contributed by atoms with Crippen LogP contribution in [0.25, 0.3) is 10.8 Å². The first-order chi connectivity index (χ1) is 17.9. The van der Waals surface area contributed by atoms with Gasteiger partial charge in [0.05, 0.1) is 23.8 Å². The van der Waals surface area contributed by atoms with Crippen LogP contribution >= 0.6 is 0 Å². The summed E-state index contributed by atoms with van der Waals surface area (Å²) in [5.74, 6) is 0.224. The molecule has 0 saturated heterocycles. The van der Waals surface area contributed by atoms with Crippen molar-refractivity contribution in [2.24, 2.45) is 5.10 Å². The Morgan fingerprint density at radius 1 is 0.946 bits per heavy atom. The lowest BCUT2D eigenvalue weighted by Crippen LogP contribution is -2.32. The van der Waals surface area contributed by atoms with Gasteiger partial charge in [0.1, 0.15) is 5.75 Å². The third kappa shape index (κ3) is 6.61. The Kier molecular flexibility index (Phi) is 8.32. The molecule has 0 heterocycles. The van der Waals surface area contributed by atoms with Crippen LogP contribution in [0, 0.1) is 6.92 Å². The molecule has 2 N–H and O–H groups in total. The number of hydrazone groups is 1. The van der Waals surface area contributed by atoms with Gasteiger partial charge in [0.15, 0.2) is 0 Å². The monoisotopic (exact) mass is 515 g/mol. The van der Waals surface area contributed by atoms with Gasteiger partial charge in [-0.25, -0.2) is 18.6 Å². The zero-order valence-corrected chi connectivity index (χ0v) is 21.5. The Balaban J connectivity index is 1.53. The number of hydrogen-bond donors (Lipinski definition) is 2. The van der Waals surface area contributed by atoms with Crippen LogP contribution in [0.5, 0.6) is 5.75 Å². The lowest BCUT2D eigenvalue weighted by atomic mass is 10.0. The molecular formula is C29H29N3O4S. The van der Waals surface area contributed by atoms with Gasteiger partial charge in [-0.2, -0.15) is 5.10 Å². The number of fused-ring (bicyclic) bond motifs is 1. The van der Waals surface area contributed by atoms with Gasteiger partial charge in [0.2, 0.25) is 15.9 Å². The number of amides is 1. The number of sulfonamides is 1. The Hall–Kier alpha value is -4.01. The maximum absolute atomic E-state index is 13.0. The van der Waals surface area contributed by atoms with E-state index in [-0.39, 0.29) is 11.3 Å². The van der Waals surface area contributed by atoms with Crippen LogP contribution in [0.4, 0.5) is 0 Å². The average molecular weight is 516 g/mol. The van der Waals surface area contributed by atoms with Crippen molar-refractivity contribution < 1.29 is 17.9 Å². The fraction of sp³-hybridized carbons (Fsp3) is 0.172. The zero-order chi connectivity index (χ0) is 26.3. The normalized spacial score (nSPS) is 12.5. The van der Waals surface area contributed by atoms with E-state index >= 15 is 0 Å². The first-order valence-electron chi connectivity index (χ1n) is 12.0. The molecule has 1 atom stereocenters. The van der Waals surface area contributed by atoms with Crippen LogP contribution in [0.2, 0.25) is 0 Å². The summed E-state index contributed by atoms with van der Waals surface area (Å²) in [6.07, 6.45) is 1.42. The molecule has 0 fully saturated rings. The van der Waals surface area contributed by atoms with E-state index < -0.39 is 22.0 Å². The van der Waals surface area contributed by atoms with Crippen molar-refractivity contribution in [1.82, 2.24) is 10.1 Å². The molecule has 0 radical (unpaired) electrons. The predicted octanol–water partition coefficient (Wildman–Crippen LogP) is 5.11. The second-order valence-corrected chi connectivity index (χ2v) is 10.2. The average Bonchev–Trinajstić information content (AvgIpc) is 2.90. The molecule has 7 nitrogen and oxygen atoms in total. The highest BCUT2D eigenvalue weighted by molar-refractivity contribution is 7.89. The molecule has 1 amide bonds. The number of nitrogens with one attached hydrogen (secondary N) is 2. The summed E-state index contributed by atoms with van der Waals surface area (Å²) in [7, 11) is -3.85. The maximum Gasteiger partial charge on any atom is 0.242 e. The van der Waals surface area contributed by atoms with Crippen molar-refractivity contribution in [3.8, 4) is 5.75 Å². The van der Waals surface area contributed by atoms with E-state index in [4.69, 9.17) is 4.74 Å². The van der Waals surface area contributed by atoms with Crippen molar-refractivity contribution in [1.29, 1.82) is 0 Å². The van der Waals surface area contributed by atoms with E-state index in [9.17, 15) is 13.2 Å². The molecule has 4 rings (SSSR count). The number of hydrogen-bond acceptors (Lipinski definition) is 5. The number of ether oxygens (including phenoxy) is 1. The summed E-state index contributed by atoms with van der Waals surface area (Å²) < 4.78 is 34.5. The number of nitrogens with zero attached hydrogens (tertiary/aromatic N) is 1. The largest absolute Gasteiger partial charge is 0.493 e. The summed E-state index contributed by atoms with van der Waals surface area (Å²) in [5.41, 5.74) is 4.91. The lowest BCUT2D eigenvalue weighted by molar-refractivity contribution is -0.121. The fourth-order valence-electron chi connectivity index (χ4n) is 3.98. The standard InChI is InChI=1S/C29H29N3O4S/c1-3-36-28-18-15-22-9-7-8-12-25(22)26(28)20-30-31-29(33)19-27(23-10-5-4-6-11-23)32-37(34,35)24-16-13-21(2)14-17-24/h4-18,20,27,32H,3,19H2,1-2H3,(H,31,33)/b30-20-/t27-/m1/s1. The molecule has 0 aromatic heterocycles. The Morgan fingerprint density at radius 2 is 1.65 bits per heavy atom. The minimum Gasteiger partial charge on any atom is -0.493 e. The van der Waals surface area contributed by atoms with Gasteiger partial charge in [-0.15, -0.1) is 0 Å². The summed E-state index contributed by atoms with van der Waals surface area (Å²) in [6, 6.07) is 26.5. The van der Waals surface area contributed by atoms with Crippen molar-refractivity contribution in [3.63, 3.8) is 0 Å². The first-order valence-corrected chi connectivity index (χ1v) is 13.5. The topological polar surface area (TPSA) is 96.9 Å². The van der Waals surface area contributed by atoms with E-state index in [1.165, 1.54) is 0 Å². The number of rotatable bonds is 10. The van der Waals surface area contributed by atoms with E-state index in [0.717, 1.165) is 21.9 Å². The maximum atomic E-state index is 13.0. The highest BCUT2D eigenvalue weighted by Gasteiger charge is 2.23. The minimum absolute atomic E-state index is 0.136. The summed E-state index contributed by atoms with van der Waals surface area (Å²) in [4.78, 5) is 13.0. The Bertz CT molecular complexity index is 1500.